The Labute approximate surface area is 290 Å². The van der Waals surface area contributed by atoms with Crippen molar-refractivity contribution < 1.29 is 28.6 Å². The largest absolute Gasteiger partial charge is 0.462 e. The SMILES string of the molecule is CCCC/C=C\CCCCCCCC(=O)OCC(COC(=O)CCCCCCCCC)OC(=O)CCCCCCCCCCCCC. The lowest BCUT2D eigenvalue weighted by Gasteiger charge is -2.18. The predicted molar refractivity (Wildman–Crippen MR) is 196 cm³/mol. The van der Waals surface area contributed by atoms with Gasteiger partial charge in [0.2, 0.25) is 0 Å². The van der Waals surface area contributed by atoms with Crippen LogP contribution in [0.4, 0.5) is 0 Å². The Morgan fingerprint density at radius 1 is 0.404 bits per heavy atom. The van der Waals surface area contributed by atoms with Gasteiger partial charge in [0.15, 0.2) is 6.10 Å². The van der Waals surface area contributed by atoms with Crippen molar-refractivity contribution in [2.45, 2.75) is 219 Å². The van der Waals surface area contributed by atoms with Gasteiger partial charge in [0.1, 0.15) is 13.2 Å². The summed E-state index contributed by atoms with van der Waals surface area (Å²) in [6.45, 7) is 6.53. The summed E-state index contributed by atoms with van der Waals surface area (Å²) in [6.07, 6.45) is 36.3. The zero-order chi connectivity index (χ0) is 34.5. The second kappa shape index (κ2) is 37.0. The number of ether oxygens (including phenoxy) is 3. The Bertz CT molecular complexity index is 733. The van der Waals surface area contributed by atoms with E-state index in [1.54, 1.807) is 0 Å². The first kappa shape index (κ1) is 45.2. The Balaban J connectivity index is 4.34. The number of hydrogen-bond donors (Lipinski definition) is 0. The highest BCUT2D eigenvalue weighted by atomic mass is 16.6. The Morgan fingerprint density at radius 3 is 1.13 bits per heavy atom. The molecule has 0 aromatic carbocycles. The number of rotatable bonds is 36. The zero-order valence-corrected chi connectivity index (χ0v) is 31.3. The van der Waals surface area contributed by atoms with Crippen LogP contribution in [0, 0.1) is 0 Å². The Kier molecular flexibility index (Phi) is 35.5. The van der Waals surface area contributed by atoms with Crippen LogP contribution in [0.25, 0.3) is 0 Å². The number of hydrogen-bond acceptors (Lipinski definition) is 6. The molecule has 0 aliphatic carbocycles. The van der Waals surface area contributed by atoms with E-state index >= 15 is 0 Å². The van der Waals surface area contributed by atoms with Crippen LogP contribution in [0.3, 0.4) is 0 Å². The molecule has 0 aromatic rings. The molecule has 1 unspecified atom stereocenters. The van der Waals surface area contributed by atoms with E-state index in [4.69, 9.17) is 14.2 Å². The molecule has 6 heteroatoms. The zero-order valence-electron chi connectivity index (χ0n) is 31.3. The van der Waals surface area contributed by atoms with Gasteiger partial charge in [-0.2, -0.15) is 0 Å². The predicted octanol–water partition coefficient (Wildman–Crippen LogP) is 12.3. The number of allylic oxidation sites excluding steroid dienone is 2. The fourth-order valence-corrected chi connectivity index (χ4v) is 5.66. The van der Waals surface area contributed by atoms with E-state index in [9.17, 15) is 14.4 Å². The molecule has 1 atom stereocenters. The van der Waals surface area contributed by atoms with Gasteiger partial charge in [-0.25, -0.2) is 0 Å². The average molecular weight is 665 g/mol. The minimum Gasteiger partial charge on any atom is -0.462 e. The van der Waals surface area contributed by atoms with Gasteiger partial charge in [0.05, 0.1) is 0 Å². The maximum Gasteiger partial charge on any atom is 0.306 e. The van der Waals surface area contributed by atoms with Crippen LogP contribution < -0.4 is 0 Å². The van der Waals surface area contributed by atoms with Gasteiger partial charge in [0.25, 0.3) is 0 Å². The summed E-state index contributed by atoms with van der Waals surface area (Å²) in [5.41, 5.74) is 0. The van der Waals surface area contributed by atoms with Gasteiger partial charge in [0, 0.05) is 19.3 Å². The lowest BCUT2D eigenvalue weighted by atomic mass is 10.1. The summed E-state index contributed by atoms with van der Waals surface area (Å²) in [4.78, 5) is 37.3. The van der Waals surface area contributed by atoms with Gasteiger partial charge in [-0.05, 0) is 38.5 Å². The van der Waals surface area contributed by atoms with Gasteiger partial charge in [-0.15, -0.1) is 0 Å². The van der Waals surface area contributed by atoms with E-state index in [2.05, 4.69) is 32.9 Å². The molecule has 0 fully saturated rings. The third-order valence-corrected chi connectivity index (χ3v) is 8.77. The third-order valence-electron chi connectivity index (χ3n) is 8.77. The fourth-order valence-electron chi connectivity index (χ4n) is 5.66. The van der Waals surface area contributed by atoms with Crippen molar-refractivity contribution in [2.75, 3.05) is 13.2 Å². The van der Waals surface area contributed by atoms with E-state index in [1.807, 2.05) is 0 Å². The highest BCUT2D eigenvalue weighted by molar-refractivity contribution is 5.71. The monoisotopic (exact) mass is 665 g/mol. The van der Waals surface area contributed by atoms with E-state index in [0.717, 1.165) is 64.2 Å². The van der Waals surface area contributed by atoms with E-state index in [0.29, 0.717) is 19.3 Å². The van der Waals surface area contributed by atoms with Crippen LogP contribution in [0.5, 0.6) is 0 Å². The molecule has 0 heterocycles. The van der Waals surface area contributed by atoms with Crippen molar-refractivity contribution in [1.29, 1.82) is 0 Å². The highest BCUT2D eigenvalue weighted by Gasteiger charge is 2.19. The molecule has 276 valence electrons. The molecule has 0 saturated heterocycles. The molecule has 0 aliphatic heterocycles. The van der Waals surface area contributed by atoms with Crippen molar-refractivity contribution in [2.24, 2.45) is 0 Å². The van der Waals surface area contributed by atoms with Crippen LogP contribution in [-0.2, 0) is 28.6 Å². The molecule has 6 nitrogen and oxygen atoms in total. The summed E-state index contributed by atoms with van der Waals surface area (Å²) in [5.74, 6) is -0.886. The minimum atomic E-state index is -0.762. The molecular weight excluding hydrogens is 588 g/mol. The Hall–Kier alpha value is -1.85. The minimum absolute atomic E-state index is 0.0699. The number of carbonyl (C=O) groups excluding carboxylic acids is 3. The topological polar surface area (TPSA) is 78.9 Å². The first-order chi connectivity index (χ1) is 23.0. The molecule has 0 aromatic heterocycles. The molecular formula is C41H76O6. The van der Waals surface area contributed by atoms with E-state index in [-0.39, 0.29) is 31.1 Å². The van der Waals surface area contributed by atoms with Crippen LogP contribution in [-0.4, -0.2) is 37.2 Å². The molecule has 0 saturated carbocycles. The van der Waals surface area contributed by atoms with Crippen molar-refractivity contribution in [3.05, 3.63) is 12.2 Å². The molecule has 0 radical (unpaired) electrons. The normalized spacial score (nSPS) is 12.0. The number of carbonyl (C=O) groups is 3. The van der Waals surface area contributed by atoms with Crippen molar-refractivity contribution >= 4 is 17.9 Å². The van der Waals surface area contributed by atoms with Crippen molar-refractivity contribution in [3.8, 4) is 0 Å². The number of unbranched alkanes of at least 4 members (excludes halogenated alkanes) is 23. The molecule has 47 heavy (non-hydrogen) atoms. The second-order valence-electron chi connectivity index (χ2n) is 13.6. The summed E-state index contributed by atoms with van der Waals surface area (Å²) in [7, 11) is 0. The highest BCUT2D eigenvalue weighted by Crippen LogP contribution is 2.14. The average Bonchev–Trinajstić information content (AvgIpc) is 3.06. The van der Waals surface area contributed by atoms with Crippen LogP contribution in [0.2, 0.25) is 0 Å². The summed E-state index contributed by atoms with van der Waals surface area (Å²) >= 11 is 0. The van der Waals surface area contributed by atoms with Crippen molar-refractivity contribution in [1.82, 2.24) is 0 Å². The van der Waals surface area contributed by atoms with Crippen molar-refractivity contribution in [3.63, 3.8) is 0 Å². The molecule has 0 amide bonds. The summed E-state index contributed by atoms with van der Waals surface area (Å²) in [6, 6.07) is 0. The fraction of sp³-hybridized carbons (Fsp3) is 0.878. The quantitative estimate of drug-likeness (QED) is 0.0287. The molecule has 0 N–H and O–H groups in total. The van der Waals surface area contributed by atoms with Gasteiger partial charge in [-0.1, -0.05) is 168 Å². The third kappa shape index (κ3) is 35.3. The van der Waals surface area contributed by atoms with E-state index in [1.165, 1.54) is 109 Å². The lowest BCUT2D eigenvalue weighted by Crippen LogP contribution is -2.30. The first-order valence-corrected chi connectivity index (χ1v) is 20.2. The molecule has 0 bridgehead atoms. The second-order valence-corrected chi connectivity index (χ2v) is 13.6. The smallest absolute Gasteiger partial charge is 0.306 e. The first-order valence-electron chi connectivity index (χ1n) is 20.2. The van der Waals surface area contributed by atoms with Crippen LogP contribution in [0.1, 0.15) is 213 Å². The van der Waals surface area contributed by atoms with Gasteiger partial charge < -0.3 is 14.2 Å². The van der Waals surface area contributed by atoms with Gasteiger partial charge >= 0.3 is 17.9 Å². The van der Waals surface area contributed by atoms with Gasteiger partial charge in [-0.3, -0.25) is 14.4 Å². The number of esters is 3. The molecule has 0 spiro atoms. The van der Waals surface area contributed by atoms with Crippen LogP contribution in [0.15, 0.2) is 12.2 Å². The lowest BCUT2D eigenvalue weighted by molar-refractivity contribution is -0.167. The molecule has 0 rings (SSSR count). The maximum absolute atomic E-state index is 12.6. The Morgan fingerprint density at radius 2 is 0.723 bits per heavy atom. The van der Waals surface area contributed by atoms with E-state index < -0.39 is 6.10 Å². The maximum atomic E-state index is 12.6. The molecule has 0 aliphatic rings. The summed E-state index contributed by atoms with van der Waals surface area (Å²) in [5, 5.41) is 0. The standard InChI is InChI=1S/C41H76O6/c1-4-7-10-13-16-18-20-22-25-28-31-34-40(43)46-37-38(36-45-39(42)33-30-27-24-15-12-9-6-3)47-41(44)35-32-29-26-23-21-19-17-14-11-8-5-2/h13,16,38H,4-12,14-15,17-37H2,1-3H3/b16-13-. The summed E-state index contributed by atoms with van der Waals surface area (Å²) < 4.78 is 16.6. The van der Waals surface area contributed by atoms with Crippen LogP contribution >= 0.6 is 0 Å².